The second-order valence-electron chi connectivity index (χ2n) is 5.13. The molecule has 0 radical (unpaired) electrons. The Labute approximate surface area is 99.9 Å². The lowest BCUT2D eigenvalue weighted by molar-refractivity contribution is 0.393. The van der Waals surface area contributed by atoms with Crippen LogP contribution in [0.15, 0.2) is 5.10 Å². The molecule has 3 N–H and O–H groups in total. The standard InChI is InChI=1S/C13H27N3/c1-11-7-3-5-9-12(10-6-4-8-11)13(14)16-15-2/h11-12,15H,3-10H2,1-2H3,(H2,14,16). The number of hydrogen-bond donors (Lipinski definition) is 2. The van der Waals surface area contributed by atoms with Crippen LogP contribution in [0.2, 0.25) is 0 Å². The van der Waals surface area contributed by atoms with E-state index in [0.717, 1.165) is 11.8 Å². The highest BCUT2D eigenvalue weighted by Gasteiger charge is 2.15. The van der Waals surface area contributed by atoms with Gasteiger partial charge < -0.3 is 11.2 Å². The fourth-order valence-corrected chi connectivity index (χ4v) is 2.57. The zero-order chi connectivity index (χ0) is 11.8. The number of amidine groups is 1. The van der Waals surface area contributed by atoms with Crippen molar-refractivity contribution in [3.63, 3.8) is 0 Å². The van der Waals surface area contributed by atoms with E-state index in [9.17, 15) is 0 Å². The Kier molecular flexibility index (Phi) is 6.27. The Morgan fingerprint density at radius 1 is 1.06 bits per heavy atom. The van der Waals surface area contributed by atoms with Crippen molar-refractivity contribution in [1.29, 1.82) is 0 Å². The SMILES string of the molecule is CN/N=C(\N)C1CCCCC(C)CCCC1. The second kappa shape index (κ2) is 7.53. The monoisotopic (exact) mass is 225 g/mol. The molecule has 0 spiro atoms. The van der Waals surface area contributed by atoms with Crippen molar-refractivity contribution in [3.8, 4) is 0 Å². The van der Waals surface area contributed by atoms with E-state index in [4.69, 9.17) is 5.73 Å². The van der Waals surface area contributed by atoms with Gasteiger partial charge in [-0.25, -0.2) is 0 Å². The highest BCUT2D eigenvalue weighted by atomic mass is 15.3. The van der Waals surface area contributed by atoms with Crippen molar-refractivity contribution in [2.24, 2.45) is 22.7 Å². The van der Waals surface area contributed by atoms with Crippen LogP contribution in [-0.2, 0) is 0 Å². The van der Waals surface area contributed by atoms with E-state index in [-0.39, 0.29) is 0 Å². The summed E-state index contributed by atoms with van der Waals surface area (Å²) in [6.45, 7) is 2.38. The third kappa shape index (κ3) is 4.86. The quantitative estimate of drug-likeness (QED) is 0.431. The number of nitrogens with zero attached hydrogens (tertiary/aromatic N) is 1. The molecular formula is C13H27N3. The van der Waals surface area contributed by atoms with Gasteiger partial charge in [-0.1, -0.05) is 45.4 Å². The van der Waals surface area contributed by atoms with E-state index >= 15 is 0 Å². The Balaban J connectivity index is 2.43. The Hall–Kier alpha value is -0.730. The normalized spacial score (nSPS) is 29.8. The smallest absolute Gasteiger partial charge is 0.122 e. The van der Waals surface area contributed by atoms with Crippen molar-refractivity contribution >= 4 is 5.84 Å². The van der Waals surface area contributed by atoms with Crippen molar-refractivity contribution in [2.45, 2.75) is 58.3 Å². The predicted octanol–water partition coefficient (Wildman–Crippen LogP) is 2.86. The van der Waals surface area contributed by atoms with E-state index in [1.54, 1.807) is 0 Å². The van der Waals surface area contributed by atoms with Crippen LogP contribution in [0.1, 0.15) is 58.3 Å². The summed E-state index contributed by atoms with van der Waals surface area (Å²) in [5.74, 6) is 2.22. The highest BCUT2D eigenvalue weighted by Crippen LogP contribution is 2.24. The minimum Gasteiger partial charge on any atom is -0.385 e. The molecule has 0 heterocycles. The summed E-state index contributed by atoms with van der Waals surface area (Å²) in [5, 5.41) is 4.13. The summed E-state index contributed by atoms with van der Waals surface area (Å²) < 4.78 is 0. The molecule has 3 heteroatoms. The minimum atomic E-state index is 0.501. The van der Waals surface area contributed by atoms with E-state index in [1.165, 1.54) is 51.4 Å². The first-order valence-electron chi connectivity index (χ1n) is 6.73. The van der Waals surface area contributed by atoms with Crippen LogP contribution in [0.5, 0.6) is 0 Å². The van der Waals surface area contributed by atoms with Gasteiger partial charge in [0.1, 0.15) is 5.84 Å². The molecule has 1 rings (SSSR count). The maximum atomic E-state index is 5.98. The summed E-state index contributed by atoms with van der Waals surface area (Å²) in [6.07, 6.45) is 10.5. The molecule has 16 heavy (non-hydrogen) atoms. The third-order valence-electron chi connectivity index (χ3n) is 3.66. The first-order chi connectivity index (χ1) is 7.74. The molecule has 1 aliphatic rings. The van der Waals surface area contributed by atoms with Gasteiger partial charge in [-0.15, -0.1) is 0 Å². The molecule has 0 aromatic heterocycles. The lowest BCUT2D eigenvalue weighted by Crippen LogP contribution is -2.26. The maximum Gasteiger partial charge on any atom is 0.122 e. The second-order valence-corrected chi connectivity index (χ2v) is 5.13. The molecule has 1 fully saturated rings. The molecule has 94 valence electrons. The first-order valence-corrected chi connectivity index (χ1v) is 6.73. The number of nitrogens with two attached hydrogens (primary N) is 1. The van der Waals surface area contributed by atoms with Crippen molar-refractivity contribution < 1.29 is 0 Å². The molecular weight excluding hydrogens is 198 g/mol. The summed E-state index contributed by atoms with van der Waals surface area (Å²) in [7, 11) is 1.81. The lowest BCUT2D eigenvalue weighted by atomic mass is 9.88. The fourth-order valence-electron chi connectivity index (χ4n) is 2.57. The summed E-state index contributed by atoms with van der Waals surface area (Å²) >= 11 is 0. The molecule has 0 amide bonds. The van der Waals surface area contributed by atoms with Gasteiger partial charge in [0.2, 0.25) is 0 Å². The van der Waals surface area contributed by atoms with E-state index in [0.29, 0.717) is 5.92 Å². The van der Waals surface area contributed by atoms with Crippen LogP contribution < -0.4 is 11.2 Å². The number of hydrogen-bond acceptors (Lipinski definition) is 2. The Morgan fingerprint density at radius 2 is 1.56 bits per heavy atom. The van der Waals surface area contributed by atoms with E-state index < -0.39 is 0 Å². The van der Waals surface area contributed by atoms with Crippen molar-refractivity contribution in [3.05, 3.63) is 0 Å². The molecule has 0 aromatic carbocycles. The van der Waals surface area contributed by atoms with Gasteiger partial charge in [0, 0.05) is 13.0 Å². The number of nitrogens with one attached hydrogen (secondary N) is 1. The van der Waals surface area contributed by atoms with E-state index in [1.807, 2.05) is 7.05 Å². The van der Waals surface area contributed by atoms with E-state index in [2.05, 4.69) is 17.5 Å². The zero-order valence-corrected chi connectivity index (χ0v) is 10.8. The Morgan fingerprint density at radius 3 is 2.06 bits per heavy atom. The number of hydrazone groups is 1. The molecule has 3 nitrogen and oxygen atoms in total. The summed E-state index contributed by atoms with van der Waals surface area (Å²) in [5.41, 5.74) is 8.78. The van der Waals surface area contributed by atoms with Gasteiger partial charge in [-0.05, 0) is 18.8 Å². The van der Waals surface area contributed by atoms with Crippen LogP contribution in [-0.4, -0.2) is 12.9 Å². The van der Waals surface area contributed by atoms with Crippen molar-refractivity contribution in [2.75, 3.05) is 7.05 Å². The van der Waals surface area contributed by atoms with Crippen LogP contribution in [0.3, 0.4) is 0 Å². The fraction of sp³-hybridized carbons (Fsp3) is 0.923. The van der Waals surface area contributed by atoms with Gasteiger partial charge in [0.15, 0.2) is 0 Å². The third-order valence-corrected chi connectivity index (χ3v) is 3.66. The van der Waals surface area contributed by atoms with Crippen LogP contribution in [0.4, 0.5) is 0 Å². The number of rotatable bonds is 2. The predicted molar refractivity (Wildman–Crippen MR) is 70.3 cm³/mol. The summed E-state index contributed by atoms with van der Waals surface area (Å²) in [6, 6.07) is 0. The minimum absolute atomic E-state index is 0.501. The Bertz CT molecular complexity index is 201. The largest absolute Gasteiger partial charge is 0.385 e. The molecule has 0 aliphatic heterocycles. The summed E-state index contributed by atoms with van der Waals surface area (Å²) in [4.78, 5) is 0. The molecule has 1 saturated carbocycles. The lowest BCUT2D eigenvalue weighted by Gasteiger charge is -2.19. The average Bonchev–Trinajstić information content (AvgIpc) is 2.27. The molecule has 0 aromatic rings. The molecule has 0 bridgehead atoms. The van der Waals surface area contributed by atoms with Gasteiger partial charge in [-0.3, -0.25) is 0 Å². The zero-order valence-electron chi connectivity index (χ0n) is 10.8. The molecule has 1 aliphatic carbocycles. The van der Waals surface area contributed by atoms with Gasteiger partial charge in [-0.2, -0.15) is 5.10 Å². The van der Waals surface area contributed by atoms with Crippen LogP contribution in [0, 0.1) is 11.8 Å². The van der Waals surface area contributed by atoms with Gasteiger partial charge in [0.05, 0.1) is 0 Å². The molecule has 0 unspecified atom stereocenters. The highest BCUT2D eigenvalue weighted by molar-refractivity contribution is 5.82. The van der Waals surface area contributed by atoms with Crippen LogP contribution in [0.25, 0.3) is 0 Å². The van der Waals surface area contributed by atoms with Crippen LogP contribution >= 0.6 is 0 Å². The molecule has 0 saturated heterocycles. The topological polar surface area (TPSA) is 50.4 Å². The maximum absolute atomic E-state index is 5.98. The molecule has 0 atom stereocenters. The van der Waals surface area contributed by atoms with Gasteiger partial charge in [0.25, 0.3) is 0 Å². The first kappa shape index (κ1) is 13.3. The van der Waals surface area contributed by atoms with Crippen molar-refractivity contribution in [1.82, 2.24) is 5.43 Å². The average molecular weight is 225 g/mol. The van der Waals surface area contributed by atoms with Gasteiger partial charge >= 0.3 is 0 Å².